The molecule has 0 unspecified atom stereocenters. The summed E-state index contributed by atoms with van der Waals surface area (Å²) in [6.07, 6.45) is 6.03. The number of amides is 1. The maximum absolute atomic E-state index is 14.4. The van der Waals surface area contributed by atoms with Crippen LogP contribution in [0, 0.1) is 5.82 Å². The number of aromatic nitrogens is 4. The van der Waals surface area contributed by atoms with Gasteiger partial charge in [-0.15, -0.1) is 21.5 Å². The van der Waals surface area contributed by atoms with E-state index in [0.29, 0.717) is 22.2 Å². The number of hydrogen-bond donors (Lipinski definition) is 1. The minimum Gasteiger partial charge on any atom is -0.369 e. The Morgan fingerprint density at radius 3 is 2.71 bits per heavy atom. The predicted molar refractivity (Wildman–Crippen MR) is 104 cm³/mol. The summed E-state index contributed by atoms with van der Waals surface area (Å²) < 4.78 is 14.4. The Bertz CT molecular complexity index is 1000. The molecule has 1 fully saturated rings. The molecule has 4 rings (SSSR count). The largest absolute Gasteiger partial charge is 0.369 e. The summed E-state index contributed by atoms with van der Waals surface area (Å²) in [7, 11) is 1.89. The van der Waals surface area contributed by atoms with Crippen LogP contribution in [-0.4, -0.2) is 33.1 Å². The Morgan fingerprint density at radius 1 is 1.29 bits per heavy atom. The van der Waals surface area contributed by atoms with Crippen LogP contribution in [0.2, 0.25) is 0 Å². The first kappa shape index (κ1) is 18.4. The number of pyridine rings is 1. The normalized spacial score (nSPS) is 15.1. The average Bonchev–Trinajstić information content (AvgIpc) is 3.10. The van der Waals surface area contributed by atoms with Gasteiger partial charge in [-0.3, -0.25) is 9.78 Å². The van der Waals surface area contributed by atoms with Gasteiger partial charge >= 0.3 is 0 Å². The van der Waals surface area contributed by atoms with Crippen molar-refractivity contribution in [3.63, 3.8) is 0 Å². The van der Waals surface area contributed by atoms with E-state index in [1.807, 2.05) is 24.1 Å². The molecule has 0 saturated heterocycles. The number of thiazole rings is 1. The molecule has 1 saturated carbocycles. The third-order valence-corrected chi connectivity index (χ3v) is 6.16. The number of rotatable bonds is 6. The molecular weight excluding hydrogens is 379 g/mol. The molecule has 9 heteroatoms. The smallest absolute Gasteiger partial charge is 0.222 e. The average molecular weight is 398 g/mol. The van der Waals surface area contributed by atoms with Crippen molar-refractivity contribution < 1.29 is 9.18 Å². The number of carbonyl (C=O) groups is 1. The van der Waals surface area contributed by atoms with Gasteiger partial charge in [-0.1, -0.05) is 0 Å². The molecule has 1 aliphatic carbocycles. The third-order valence-electron chi connectivity index (χ3n) is 5.14. The van der Waals surface area contributed by atoms with Crippen molar-refractivity contribution in [2.75, 3.05) is 11.9 Å². The van der Waals surface area contributed by atoms with Crippen molar-refractivity contribution in [2.45, 2.75) is 31.2 Å². The molecule has 0 bridgehead atoms. The van der Waals surface area contributed by atoms with Gasteiger partial charge in [-0.05, 0) is 43.5 Å². The van der Waals surface area contributed by atoms with E-state index < -0.39 is 11.4 Å². The van der Waals surface area contributed by atoms with E-state index in [0.717, 1.165) is 24.1 Å². The Kier molecular flexibility index (Phi) is 4.76. The fourth-order valence-corrected chi connectivity index (χ4v) is 4.37. The molecule has 1 aliphatic rings. The molecule has 0 atom stereocenters. The molecule has 0 aromatic carbocycles. The topological polar surface area (TPSA) is 97.9 Å². The zero-order valence-corrected chi connectivity index (χ0v) is 16.1. The molecule has 3 aromatic heterocycles. The van der Waals surface area contributed by atoms with Crippen LogP contribution in [0.4, 0.5) is 10.2 Å². The quantitative estimate of drug-likeness (QED) is 0.686. The zero-order valence-electron chi connectivity index (χ0n) is 15.3. The number of hydrogen-bond acceptors (Lipinski definition) is 7. The van der Waals surface area contributed by atoms with Gasteiger partial charge in [0, 0.05) is 24.3 Å². The maximum Gasteiger partial charge on any atom is 0.222 e. The van der Waals surface area contributed by atoms with Gasteiger partial charge in [0.1, 0.15) is 22.2 Å². The summed E-state index contributed by atoms with van der Waals surface area (Å²) in [5.41, 5.74) is 5.78. The van der Waals surface area contributed by atoms with Crippen LogP contribution in [0.25, 0.3) is 10.7 Å². The Hall–Kier alpha value is -2.94. The second-order valence-corrected chi connectivity index (χ2v) is 7.94. The lowest BCUT2D eigenvalue weighted by molar-refractivity contribution is -0.117. The molecule has 144 valence electrons. The summed E-state index contributed by atoms with van der Waals surface area (Å²) in [5, 5.41) is 9.28. The number of halogens is 1. The van der Waals surface area contributed by atoms with E-state index in [1.165, 1.54) is 17.4 Å². The molecule has 3 aromatic rings. The molecular formula is C19H19FN6OS. The SMILES string of the molecule is CN(c1ccc(-c2ncc(CC(N)=O)s2)nn1)C1(c2ncccc2F)CCC1. The summed E-state index contributed by atoms with van der Waals surface area (Å²) >= 11 is 1.36. The van der Waals surface area contributed by atoms with Crippen molar-refractivity contribution in [3.8, 4) is 10.7 Å². The Morgan fingerprint density at radius 2 is 2.11 bits per heavy atom. The van der Waals surface area contributed by atoms with E-state index in [9.17, 15) is 9.18 Å². The zero-order chi connectivity index (χ0) is 19.7. The lowest BCUT2D eigenvalue weighted by Crippen LogP contribution is -2.51. The van der Waals surface area contributed by atoms with Crippen LogP contribution in [0.3, 0.4) is 0 Å². The van der Waals surface area contributed by atoms with Crippen LogP contribution in [-0.2, 0) is 16.8 Å². The van der Waals surface area contributed by atoms with Gasteiger partial charge in [0.2, 0.25) is 5.91 Å². The second-order valence-electron chi connectivity index (χ2n) is 6.83. The molecule has 7 nitrogen and oxygen atoms in total. The van der Waals surface area contributed by atoms with Gasteiger partial charge in [-0.2, -0.15) is 0 Å². The number of primary amides is 1. The van der Waals surface area contributed by atoms with Crippen molar-refractivity contribution in [1.82, 2.24) is 20.2 Å². The highest BCUT2D eigenvalue weighted by atomic mass is 32.1. The van der Waals surface area contributed by atoms with E-state index in [2.05, 4.69) is 20.2 Å². The van der Waals surface area contributed by atoms with Gasteiger partial charge in [0.05, 0.1) is 12.0 Å². The predicted octanol–water partition coefficient (Wildman–Crippen LogP) is 2.68. The van der Waals surface area contributed by atoms with Crippen LogP contribution in [0.1, 0.15) is 29.8 Å². The second kappa shape index (κ2) is 7.23. The molecule has 2 N–H and O–H groups in total. The first-order valence-corrected chi connectivity index (χ1v) is 9.73. The highest BCUT2D eigenvalue weighted by molar-refractivity contribution is 7.15. The minimum atomic E-state index is -0.503. The Balaban J connectivity index is 1.59. The summed E-state index contributed by atoms with van der Waals surface area (Å²) in [6.45, 7) is 0. The number of carbonyl (C=O) groups excluding carboxylic acids is 1. The van der Waals surface area contributed by atoms with E-state index in [4.69, 9.17) is 5.73 Å². The third kappa shape index (κ3) is 3.22. The number of nitrogens with zero attached hydrogens (tertiary/aromatic N) is 5. The van der Waals surface area contributed by atoms with Gasteiger partial charge in [0.15, 0.2) is 5.82 Å². The molecule has 1 amide bonds. The van der Waals surface area contributed by atoms with Crippen LogP contribution in [0.5, 0.6) is 0 Å². The monoisotopic (exact) mass is 398 g/mol. The van der Waals surface area contributed by atoms with E-state index >= 15 is 0 Å². The number of nitrogens with two attached hydrogens (primary N) is 1. The van der Waals surface area contributed by atoms with Crippen LogP contribution < -0.4 is 10.6 Å². The van der Waals surface area contributed by atoms with Crippen LogP contribution in [0.15, 0.2) is 36.7 Å². The summed E-state index contributed by atoms with van der Waals surface area (Å²) in [6, 6.07) is 6.71. The van der Waals surface area contributed by atoms with Gasteiger partial charge in [0.25, 0.3) is 0 Å². The summed E-state index contributed by atoms with van der Waals surface area (Å²) in [4.78, 5) is 22.4. The first-order valence-electron chi connectivity index (χ1n) is 8.91. The number of anilines is 1. The Labute approximate surface area is 165 Å². The fraction of sp³-hybridized carbons (Fsp3) is 0.316. The van der Waals surface area contributed by atoms with Crippen molar-refractivity contribution in [3.05, 3.63) is 53.0 Å². The molecule has 0 spiro atoms. The van der Waals surface area contributed by atoms with Crippen molar-refractivity contribution >= 4 is 23.1 Å². The lowest BCUT2D eigenvalue weighted by atomic mass is 9.72. The molecule has 3 heterocycles. The fourth-order valence-electron chi connectivity index (χ4n) is 3.49. The van der Waals surface area contributed by atoms with Crippen LogP contribution >= 0.6 is 11.3 Å². The van der Waals surface area contributed by atoms with Gasteiger partial charge in [-0.25, -0.2) is 9.37 Å². The molecule has 0 aliphatic heterocycles. The van der Waals surface area contributed by atoms with Gasteiger partial charge < -0.3 is 10.6 Å². The standard InChI is InChI=1S/C19H19FN6OS/c1-26(19(7-3-8-19)17-13(20)4-2-9-22-17)16-6-5-14(24-25-16)18-23-11-12(28-18)10-15(21)27/h2,4-6,9,11H,3,7-8,10H2,1H3,(H2,21,27). The minimum absolute atomic E-state index is 0.157. The highest BCUT2D eigenvalue weighted by Gasteiger charge is 2.46. The maximum atomic E-state index is 14.4. The van der Waals surface area contributed by atoms with E-state index in [-0.39, 0.29) is 12.2 Å². The molecule has 0 radical (unpaired) electrons. The van der Waals surface area contributed by atoms with E-state index in [1.54, 1.807) is 18.5 Å². The summed E-state index contributed by atoms with van der Waals surface area (Å²) in [5.74, 6) is -0.0587. The lowest BCUT2D eigenvalue weighted by Gasteiger charge is -2.48. The first-order chi connectivity index (χ1) is 13.5. The molecule has 28 heavy (non-hydrogen) atoms. The highest BCUT2D eigenvalue weighted by Crippen LogP contribution is 2.47. The van der Waals surface area contributed by atoms with Crippen molar-refractivity contribution in [2.24, 2.45) is 5.73 Å². The van der Waals surface area contributed by atoms with Crippen molar-refractivity contribution in [1.29, 1.82) is 0 Å².